The van der Waals surface area contributed by atoms with E-state index in [1.807, 2.05) is 36.4 Å². The molecule has 0 fully saturated rings. The van der Waals surface area contributed by atoms with Crippen LogP contribution in [0.4, 0.5) is 0 Å². The molecule has 1 aliphatic heterocycles. The Balaban J connectivity index is 1.15. The van der Waals surface area contributed by atoms with Crippen molar-refractivity contribution in [3.63, 3.8) is 0 Å². The minimum Gasteiger partial charge on any atom is -0.324 e. The molecule has 4 nitrogen and oxygen atoms in total. The molecule has 56 heavy (non-hydrogen) atoms. The average Bonchev–Trinajstić information content (AvgIpc) is 3.79. The third-order valence-electron chi connectivity index (χ3n) is 11.5. The SMILES string of the molecule is c1ccc(C2=NC(c3ccc(-n4c5ccccc5c5ccc6c(c54)C(c4ccccc4)(c4ccccc4)c4ccccc4-6)cc3)N=C(c3ccccc3)N2)cc1. The van der Waals surface area contributed by atoms with Crippen molar-refractivity contribution in [2.24, 2.45) is 9.98 Å². The molecule has 0 bridgehead atoms. The predicted octanol–water partition coefficient (Wildman–Crippen LogP) is 11.6. The molecule has 9 aromatic rings. The predicted molar refractivity (Wildman–Crippen MR) is 230 cm³/mol. The van der Waals surface area contributed by atoms with Gasteiger partial charge < -0.3 is 9.88 Å². The van der Waals surface area contributed by atoms with Gasteiger partial charge in [0.05, 0.1) is 16.4 Å². The monoisotopic (exact) mass is 716 g/mol. The molecule has 8 aromatic carbocycles. The number of nitrogens with zero attached hydrogens (tertiary/aromatic N) is 3. The fraction of sp³-hybridized carbons (Fsp3) is 0.0385. The molecule has 11 rings (SSSR count). The van der Waals surface area contributed by atoms with Crippen LogP contribution in [0, 0.1) is 0 Å². The molecule has 0 saturated heterocycles. The van der Waals surface area contributed by atoms with Crippen LogP contribution >= 0.6 is 0 Å². The third-order valence-corrected chi connectivity index (χ3v) is 11.5. The number of aromatic nitrogens is 1. The van der Waals surface area contributed by atoms with Crippen molar-refractivity contribution in [2.45, 2.75) is 11.6 Å². The minimum atomic E-state index is -0.541. The van der Waals surface area contributed by atoms with Crippen LogP contribution in [0.5, 0.6) is 0 Å². The van der Waals surface area contributed by atoms with Crippen molar-refractivity contribution in [1.82, 2.24) is 9.88 Å². The number of rotatable bonds is 6. The molecule has 1 N–H and O–H groups in total. The lowest BCUT2D eigenvalue weighted by atomic mass is 9.67. The molecule has 0 spiro atoms. The van der Waals surface area contributed by atoms with Crippen molar-refractivity contribution in [3.05, 3.63) is 245 Å². The van der Waals surface area contributed by atoms with Gasteiger partial charge in [-0.1, -0.05) is 188 Å². The highest BCUT2D eigenvalue weighted by atomic mass is 15.2. The minimum absolute atomic E-state index is 0.406. The molecular weight excluding hydrogens is 681 g/mol. The Kier molecular flexibility index (Phi) is 7.42. The fourth-order valence-corrected chi connectivity index (χ4v) is 9.13. The number of fused-ring (bicyclic) bond motifs is 7. The lowest BCUT2D eigenvalue weighted by molar-refractivity contribution is 0.755. The molecule has 2 heterocycles. The van der Waals surface area contributed by atoms with E-state index in [1.165, 1.54) is 55.2 Å². The summed E-state index contributed by atoms with van der Waals surface area (Å²) in [6.45, 7) is 0. The largest absolute Gasteiger partial charge is 0.324 e. The summed E-state index contributed by atoms with van der Waals surface area (Å²) < 4.78 is 2.49. The number of hydrogen-bond acceptors (Lipinski definition) is 3. The first kappa shape index (κ1) is 32.2. The fourth-order valence-electron chi connectivity index (χ4n) is 9.13. The van der Waals surface area contributed by atoms with E-state index in [2.05, 4.69) is 180 Å². The lowest BCUT2D eigenvalue weighted by Gasteiger charge is -2.34. The van der Waals surface area contributed by atoms with E-state index in [0.29, 0.717) is 0 Å². The van der Waals surface area contributed by atoms with Gasteiger partial charge in [0.15, 0.2) is 6.17 Å². The summed E-state index contributed by atoms with van der Waals surface area (Å²) in [5, 5.41) is 5.99. The number of nitrogens with one attached hydrogen (secondary N) is 1. The Morgan fingerprint density at radius 1 is 0.446 bits per heavy atom. The van der Waals surface area contributed by atoms with E-state index >= 15 is 0 Å². The van der Waals surface area contributed by atoms with Crippen LogP contribution in [0.15, 0.2) is 216 Å². The first-order valence-electron chi connectivity index (χ1n) is 19.2. The van der Waals surface area contributed by atoms with Gasteiger partial charge in [0.1, 0.15) is 11.7 Å². The van der Waals surface area contributed by atoms with Crippen molar-refractivity contribution in [3.8, 4) is 16.8 Å². The highest BCUT2D eigenvalue weighted by Crippen LogP contribution is 2.59. The molecule has 0 radical (unpaired) electrons. The lowest BCUT2D eigenvalue weighted by Crippen LogP contribution is -2.35. The zero-order chi connectivity index (χ0) is 37.1. The van der Waals surface area contributed by atoms with Gasteiger partial charge in [0.2, 0.25) is 0 Å². The molecule has 1 aliphatic carbocycles. The number of amidine groups is 2. The van der Waals surface area contributed by atoms with Gasteiger partial charge in [0.25, 0.3) is 0 Å². The van der Waals surface area contributed by atoms with Crippen LogP contribution in [0.25, 0.3) is 38.6 Å². The van der Waals surface area contributed by atoms with E-state index in [1.54, 1.807) is 0 Å². The number of hydrogen-bond donors (Lipinski definition) is 1. The van der Waals surface area contributed by atoms with Crippen LogP contribution in [-0.4, -0.2) is 16.2 Å². The second-order valence-electron chi connectivity index (χ2n) is 14.5. The van der Waals surface area contributed by atoms with E-state index in [4.69, 9.17) is 9.98 Å². The van der Waals surface area contributed by atoms with Gasteiger partial charge in [-0.3, -0.25) is 0 Å². The van der Waals surface area contributed by atoms with Crippen LogP contribution in [0.3, 0.4) is 0 Å². The van der Waals surface area contributed by atoms with Crippen LogP contribution in [0.2, 0.25) is 0 Å². The van der Waals surface area contributed by atoms with Crippen LogP contribution in [0.1, 0.15) is 45.1 Å². The molecule has 264 valence electrons. The van der Waals surface area contributed by atoms with Crippen molar-refractivity contribution in [2.75, 3.05) is 0 Å². The summed E-state index contributed by atoms with van der Waals surface area (Å²) in [6.07, 6.45) is -0.406. The topological polar surface area (TPSA) is 41.7 Å². The van der Waals surface area contributed by atoms with E-state index in [0.717, 1.165) is 34.0 Å². The summed E-state index contributed by atoms with van der Waals surface area (Å²) >= 11 is 0. The maximum Gasteiger partial charge on any atom is 0.169 e. The average molecular weight is 717 g/mol. The van der Waals surface area contributed by atoms with E-state index < -0.39 is 11.6 Å². The Morgan fingerprint density at radius 2 is 0.982 bits per heavy atom. The quantitative estimate of drug-likeness (QED) is 0.183. The summed E-state index contributed by atoms with van der Waals surface area (Å²) in [5.41, 5.74) is 13.7. The Labute approximate surface area is 325 Å². The maximum absolute atomic E-state index is 5.16. The van der Waals surface area contributed by atoms with E-state index in [9.17, 15) is 0 Å². The number of benzene rings is 8. The van der Waals surface area contributed by atoms with Gasteiger partial charge in [-0.25, -0.2) is 9.98 Å². The number of para-hydroxylation sites is 1. The number of aliphatic imine (C=N–C) groups is 2. The second kappa shape index (κ2) is 12.9. The molecule has 0 unspecified atom stereocenters. The molecule has 4 heteroatoms. The standard InChI is InChI=1S/C52H36N4/c1-5-17-35(18-6-1)49-53-50(36-19-7-2-8-20-36)55-51(54-49)37-29-31-40(32-30-37)56-46-28-16-14-26-42(46)44-34-33-43-41-25-13-15-27-45(41)52(47(43)48(44)56,38-21-9-3-10-22-38)39-23-11-4-12-24-39/h1-34,51H,(H,53,54,55). The smallest absolute Gasteiger partial charge is 0.169 e. The Bertz CT molecular complexity index is 2870. The third kappa shape index (κ3) is 4.86. The molecule has 0 saturated carbocycles. The van der Waals surface area contributed by atoms with Crippen molar-refractivity contribution >= 4 is 33.5 Å². The normalized spacial score (nSPS) is 14.5. The van der Waals surface area contributed by atoms with Gasteiger partial charge in [-0.15, -0.1) is 0 Å². The highest BCUT2D eigenvalue weighted by Gasteiger charge is 2.48. The van der Waals surface area contributed by atoms with Crippen LogP contribution in [-0.2, 0) is 5.41 Å². The maximum atomic E-state index is 5.16. The summed E-state index contributed by atoms with van der Waals surface area (Å²) in [7, 11) is 0. The van der Waals surface area contributed by atoms with Gasteiger partial charge in [-0.2, -0.15) is 0 Å². The molecular formula is C52H36N4. The summed E-state index contributed by atoms with van der Waals surface area (Å²) in [6, 6.07) is 74.1. The summed E-state index contributed by atoms with van der Waals surface area (Å²) in [5.74, 6) is 1.62. The van der Waals surface area contributed by atoms with Crippen LogP contribution < -0.4 is 5.32 Å². The van der Waals surface area contributed by atoms with Gasteiger partial charge in [0, 0.05) is 33.2 Å². The Hall–Kier alpha value is -7.30. The highest BCUT2D eigenvalue weighted by molar-refractivity contribution is 6.16. The molecule has 2 aliphatic rings. The Morgan fingerprint density at radius 3 is 1.61 bits per heavy atom. The second-order valence-corrected chi connectivity index (χ2v) is 14.5. The van der Waals surface area contributed by atoms with Gasteiger partial charge in [-0.05, 0) is 51.6 Å². The molecule has 1 aromatic heterocycles. The molecule has 0 atom stereocenters. The van der Waals surface area contributed by atoms with E-state index in [-0.39, 0.29) is 0 Å². The zero-order valence-corrected chi connectivity index (χ0v) is 30.5. The first-order chi connectivity index (χ1) is 27.8. The van der Waals surface area contributed by atoms with Gasteiger partial charge >= 0.3 is 0 Å². The zero-order valence-electron chi connectivity index (χ0n) is 30.5. The summed E-state index contributed by atoms with van der Waals surface area (Å²) in [4.78, 5) is 10.3. The molecule has 0 amide bonds. The van der Waals surface area contributed by atoms with Crippen molar-refractivity contribution < 1.29 is 0 Å². The first-order valence-corrected chi connectivity index (χ1v) is 19.2. The van der Waals surface area contributed by atoms with Crippen molar-refractivity contribution in [1.29, 1.82) is 0 Å².